The Morgan fingerprint density at radius 1 is 0.404 bits per heavy atom. The third kappa shape index (κ3) is 4.78. The molecular formula is C47H33N3OSi. The van der Waals surface area contributed by atoms with E-state index < -0.39 is 8.07 Å². The molecule has 10 rings (SSSR count). The van der Waals surface area contributed by atoms with Crippen LogP contribution >= 0.6 is 0 Å². The van der Waals surface area contributed by atoms with Crippen LogP contribution < -0.4 is 10.4 Å². The lowest BCUT2D eigenvalue weighted by Crippen LogP contribution is -2.49. The van der Waals surface area contributed by atoms with E-state index in [1.54, 1.807) is 0 Å². The highest BCUT2D eigenvalue weighted by molar-refractivity contribution is 7.03. The number of hydrogen-bond donors (Lipinski definition) is 0. The predicted molar refractivity (Wildman–Crippen MR) is 216 cm³/mol. The summed E-state index contributed by atoms with van der Waals surface area (Å²) in [6, 6.07) is 57.5. The third-order valence-electron chi connectivity index (χ3n) is 10.6. The molecule has 0 amide bonds. The summed E-state index contributed by atoms with van der Waals surface area (Å²) >= 11 is 0. The smallest absolute Gasteiger partial charge is 0.164 e. The molecule has 5 heteroatoms. The summed E-state index contributed by atoms with van der Waals surface area (Å²) in [5, 5.41) is 5.02. The average Bonchev–Trinajstić information content (AvgIpc) is 3.69. The molecule has 0 atom stereocenters. The predicted octanol–water partition coefficient (Wildman–Crippen LogP) is 10.9. The van der Waals surface area contributed by atoms with Gasteiger partial charge in [0.15, 0.2) is 17.5 Å². The fourth-order valence-electron chi connectivity index (χ4n) is 7.99. The summed E-state index contributed by atoms with van der Waals surface area (Å²) in [6.07, 6.45) is 0. The maximum Gasteiger partial charge on any atom is 0.164 e. The topological polar surface area (TPSA) is 51.8 Å². The van der Waals surface area contributed by atoms with Crippen molar-refractivity contribution in [2.75, 3.05) is 0 Å². The maximum atomic E-state index is 6.64. The van der Waals surface area contributed by atoms with Crippen LogP contribution in [0.3, 0.4) is 0 Å². The molecule has 0 saturated heterocycles. The standard InChI is InChI=1S/C47H33N3OSi/c1-52(2)41-25-15-13-23-34(41)38-28-37(30-16-6-3-7-17-30)39(29-42(38)52)47-49-45(32-20-10-5-11-21-32)48-46(50-47)36-27-26-35-33-22-12-14-24-40(33)51-44(35)43(36)31-18-8-4-9-19-31/h3-29H,1-2H3. The van der Waals surface area contributed by atoms with E-state index in [0.29, 0.717) is 17.5 Å². The molecule has 0 saturated carbocycles. The van der Waals surface area contributed by atoms with Gasteiger partial charge in [-0.05, 0) is 62.5 Å². The molecule has 9 aromatic rings. The lowest BCUT2D eigenvalue weighted by molar-refractivity contribution is 0.670. The van der Waals surface area contributed by atoms with Gasteiger partial charge in [-0.1, -0.05) is 153 Å². The van der Waals surface area contributed by atoms with Crippen LogP contribution in [0.1, 0.15) is 0 Å². The molecule has 246 valence electrons. The Labute approximate surface area is 303 Å². The molecule has 1 aliphatic rings. The first kappa shape index (κ1) is 30.4. The Morgan fingerprint density at radius 2 is 1.00 bits per heavy atom. The van der Waals surface area contributed by atoms with Crippen LogP contribution in [0.25, 0.3) is 89.5 Å². The normalized spacial score (nSPS) is 13.0. The van der Waals surface area contributed by atoms with Gasteiger partial charge in [0.1, 0.15) is 19.2 Å². The summed E-state index contributed by atoms with van der Waals surface area (Å²) in [6.45, 7) is 4.90. The summed E-state index contributed by atoms with van der Waals surface area (Å²) in [5.41, 5.74) is 11.4. The zero-order valence-electron chi connectivity index (χ0n) is 28.8. The number of hydrogen-bond acceptors (Lipinski definition) is 4. The van der Waals surface area contributed by atoms with Crippen LogP contribution in [0.4, 0.5) is 0 Å². The highest BCUT2D eigenvalue weighted by Gasteiger charge is 2.38. The molecule has 0 unspecified atom stereocenters. The van der Waals surface area contributed by atoms with Crippen molar-refractivity contribution < 1.29 is 4.42 Å². The van der Waals surface area contributed by atoms with Crippen molar-refractivity contribution in [1.29, 1.82) is 0 Å². The van der Waals surface area contributed by atoms with E-state index in [9.17, 15) is 0 Å². The van der Waals surface area contributed by atoms with E-state index >= 15 is 0 Å². The molecule has 3 heterocycles. The SMILES string of the molecule is C[Si]1(C)c2ccccc2-c2cc(-c3ccccc3)c(-c3nc(-c4ccccc4)nc(-c4ccc5c(oc6ccccc65)c4-c4ccccc4)n3)cc21. The van der Waals surface area contributed by atoms with E-state index in [4.69, 9.17) is 19.4 Å². The Balaban J connectivity index is 1.28. The molecule has 0 fully saturated rings. The van der Waals surface area contributed by atoms with Crippen LogP contribution in [0.5, 0.6) is 0 Å². The van der Waals surface area contributed by atoms with Crippen LogP contribution in [-0.2, 0) is 0 Å². The number of aromatic nitrogens is 3. The summed E-state index contributed by atoms with van der Waals surface area (Å²) < 4.78 is 6.64. The second-order valence-electron chi connectivity index (χ2n) is 14.0. The first-order valence-corrected chi connectivity index (χ1v) is 20.7. The molecule has 0 aliphatic carbocycles. The van der Waals surface area contributed by atoms with Crippen LogP contribution in [0.15, 0.2) is 168 Å². The molecule has 0 N–H and O–H groups in total. The lowest BCUT2D eigenvalue weighted by atomic mass is 9.93. The third-order valence-corrected chi connectivity index (χ3v) is 14.1. The number of rotatable bonds is 5. The minimum Gasteiger partial charge on any atom is -0.455 e. The van der Waals surface area contributed by atoms with Gasteiger partial charge in [0.05, 0.1) is 0 Å². The van der Waals surface area contributed by atoms with E-state index in [-0.39, 0.29) is 0 Å². The number of furan rings is 1. The molecule has 0 bridgehead atoms. The first-order chi connectivity index (χ1) is 25.5. The quantitative estimate of drug-likeness (QED) is 0.169. The molecule has 0 radical (unpaired) electrons. The number of para-hydroxylation sites is 1. The van der Waals surface area contributed by atoms with Crippen LogP contribution in [-0.4, -0.2) is 23.0 Å². The van der Waals surface area contributed by atoms with E-state index in [1.807, 2.05) is 36.4 Å². The Kier molecular flexibility index (Phi) is 6.91. The van der Waals surface area contributed by atoms with E-state index in [2.05, 4.69) is 140 Å². The van der Waals surface area contributed by atoms with Gasteiger partial charge in [0.25, 0.3) is 0 Å². The summed E-state index contributed by atoms with van der Waals surface area (Å²) in [5.74, 6) is 1.88. The fourth-order valence-corrected chi connectivity index (χ4v) is 11.1. The van der Waals surface area contributed by atoms with E-state index in [1.165, 1.54) is 21.5 Å². The maximum absolute atomic E-state index is 6.64. The summed E-state index contributed by atoms with van der Waals surface area (Å²) in [4.78, 5) is 15.9. The Morgan fingerprint density at radius 3 is 1.75 bits per heavy atom. The molecule has 0 spiro atoms. The van der Waals surface area contributed by atoms with Gasteiger partial charge in [0, 0.05) is 33.0 Å². The summed E-state index contributed by atoms with van der Waals surface area (Å²) in [7, 11) is -2.01. The average molecular weight is 684 g/mol. The Bertz CT molecular complexity index is 2810. The highest BCUT2D eigenvalue weighted by Crippen LogP contribution is 2.43. The number of benzene rings is 7. The minimum atomic E-state index is -2.01. The monoisotopic (exact) mass is 683 g/mol. The van der Waals surface area contributed by atoms with Crippen molar-refractivity contribution in [1.82, 2.24) is 15.0 Å². The second kappa shape index (κ2) is 11.8. The van der Waals surface area contributed by atoms with Crippen LogP contribution in [0, 0.1) is 0 Å². The van der Waals surface area contributed by atoms with Gasteiger partial charge < -0.3 is 4.42 Å². The number of fused-ring (bicyclic) bond motifs is 6. The van der Waals surface area contributed by atoms with Crippen molar-refractivity contribution in [2.24, 2.45) is 0 Å². The highest BCUT2D eigenvalue weighted by atomic mass is 28.3. The molecule has 7 aromatic carbocycles. The second-order valence-corrected chi connectivity index (χ2v) is 18.3. The van der Waals surface area contributed by atoms with Crippen molar-refractivity contribution in [3.05, 3.63) is 164 Å². The first-order valence-electron chi connectivity index (χ1n) is 17.7. The number of nitrogens with zero attached hydrogens (tertiary/aromatic N) is 3. The van der Waals surface area contributed by atoms with Crippen molar-refractivity contribution in [3.63, 3.8) is 0 Å². The largest absolute Gasteiger partial charge is 0.455 e. The molecule has 2 aromatic heterocycles. The lowest BCUT2D eigenvalue weighted by Gasteiger charge is -2.21. The van der Waals surface area contributed by atoms with Crippen molar-refractivity contribution >= 4 is 40.4 Å². The zero-order chi connectivity index (χ0) is 34.8. The molecule has 52 heavy (non-hydrogen) atoms. The van der Waals surface area contributed by atoms with Gasteiger partial charge >= 0.3 is 0 Å². The van der Waals surface area contributed by atoms with Crippen LogP contribution in [0.2, 0.25) is 13.1 Å². The van der Waals surface area contributed by atoms with Gasteiger partial charge in [-0.2, -0.15) is 0 Å². The molecular weight excluding hydrogens is 651 g/mol. The van der Waals surface area contributed by atoms with Crippen molar-refractivity contribution in [2.45, 2.75) is 13.1 Å². The van der Waals surface area contributed by atoms with Gasteiger partial charge in [-0.15, -0.1) is 0 Å². The fraction of sp³-hybridized carbons (Fsp3) is 0.0426. The Hall–Kier alpha value is -6.43. The van der Waals surface area contributed by atoms with Gasteiger partial charge in [-0.25, -0.2) is 15.0 Å². The van der Waals surface area contributed by atoms with Gasteiger partial charge in [-0.3, -0.25) is 0 Å². The zero-order valence-corrected chi connectivity index (χ0v) is 29.8. The van der Waals surface area contributed by atoms with Gasteiger partial charge in [0.2, 0.25) is 0 Å². The molecule has 4 nitrogen and oxygen atoms in total. The van der Waals surface area contributed by atoms with E-state index in [0.717, 1.165) is 60.9 Å². The molecule has 1 aliphatic heterocycles. The van der Waals surface area contributed by atoms with Crippen molar-refractivity contribution in [3.8, 4) is 67.5 Å². The minimum absolute atomic E-state index is 0.601.